The summed E-state index contributed by atoms with van der Waals surface area (Å²) in [7, 11) is 0. The number of hydrogen-bond acceptors (Lipinski definition) is 6. The van der Waals surface area contributed by atoms with Crippen molar-refractivity contribution in [2.45, 2.75) is 12.6 Å². The van der Waals surface area contributed by atoms with E-state index >= 15 is 0 Å². The molecule has 6 nitrogen and oxygen atoms in total. The average Bonchev–Trinajstić information content (AvgIpc) is 3.10. The Balaban J connectivity index is 2.09. The minimum atomic E-state index is -0.589. The monoisotopic (exact) mass is 331 g/mol. The molecule has 1 unspecified atom stereocenters. The second-order valence-corrected chi connectivity index (χ2v) is 5.64. The lowest BCUT2D eigenvalue weighted by Crippen LogP contribution is -2.20. The number of aromatic amines is 1. The van der Waals surface area contributed by atoms with E-state index in [1.165, 1.54) is 11.3 Å². The molecule has 0 aliphatic heterocycles. The number of aliphatic hydroxyl groups excluding tert-OH is 1. The van der Waals surface area contributed by atoms with Crippen LogP contribution in [-0.2, 0) is 6.61 Å². The zero-order valence-electron chi connectivity index (χ0n) is 12.0. The lowest BCUT2D eigenvalue weighted by molar-refractivity contribution is -0.361. The molecule has 0 radical (unpaired) electrons. The first-order valence-electron chi connectivity index (χ1n) is 6.91. The molecule has 4 N–H and O–H groups in total. The molecule has 0 spiro atoms. The van der Waals surface area contributed by atoms with Gasteiger partial charge in [-0.3, -0.25) is 10.1 Å². The van der Waals surface area contributed by atoms with Gasteiger partial charge in [0.05, 0.1) is 6.20 Å². The van der Waals surface area contributed by atoms with Crippen LogP contribution in [0.4, 0.5) is 5.82 Å². The highest BCUT2D eigenvalue weighted by Gasteiger charge is 2.27. The van der Waals surface area contributed by atoms with E-state index in [1.807, 2.05) is 35.0 Å². The Kier molecular flexibility index (Phi) is 4.40. The van der Waals surface area contributed by atoms with E-state index in [-0.39, 0.29) is 11.5 Å². The predicted molar refractivity (Wildman–Crippen MR) is 85.3 cm³/mol. The molecule has 3 aromatic rings. The van der Waals surface area contributed by atoms with Gasteiger partial charge in [0.1, 0.15) is 12.4 Å². The third kappa shape index (κ3) is 3.25. The Bertz CT molecular complexity index is 831. The van der Waals surface area contributed by atoms with Crippen molar-refractivity contribution in [2.24, 2.45) is 0 Å². The minimum Gasteiger partial charge on any atom is -0.502 e. The summed E-state index contributed by atoms with van der Waals surface area (Å²) < 4.78 is 5.52. The van der Waals surface area contributed by atoms with Crippen LogP contribution in [0.5, 0.6) is 5.75 Å². The molecule has 23 heavy (non-hydrogen) atoms. The molecule has 0 aliphatic rings. The van der Waals surface area contributed by atoms with Crippen molar-refractivity contribution in [3.8, 4) is 5.75 Å². The Morgan fingerprint density at radius 2 is 2.22 bits per heavy atom. The molecular weight excluding hydrogens is 316 g/mol. The number of nitrogens with one attached hydrogen (secondary N) is 2. The Hall–Kier alpha value is -2.64. The first-order chi connectivity index (χ1) is 11.2. The second-order valence-electron chi connectivity index (χ2n) is 4.86. The minimum absolute atomic E-state index is 0.0669. The maximum absolute atomic E-state index is 11.9. The van der Waals surface area contributed by atoms with Gasteiger partial charge in [0, 0.05) is 17.7 Å². The summed E-state index contributed by atoms with van der Waals surface area (Å²) >= 11 is 1.49. The molecule has 0 saturated carbocycles. The molecule has 1 atom stereocenters. The first kappa shape index (κ1) is 15.3. The molecule has 3 heterocycles. The number of aliphatic hydroxyl groups is 1. The highest BCUT2D eigenvalue weighted by atomic mass is 32.1. The third-order valence-electron chi connectivity index (χ3n) is 3.30. The Labute approximate surface area is 135 Å². The van der Waals surface area contributed by atoms with E-state index in [9.17, 15) is 15.0 Å². The average molecular weight is 331 g/mol. The number of anilines is 1. The smallest absolute Gasteiger partial charge is 0.273 e. The maximum Gasteiger partial charge on any atom is 0.273 e. The molecule has 7 heteroatoms. The summed E-state index contributed by atoms with van der Waals surface area (Å²) in [5.41, 5.74) is 0.246. The number of H-pyrrole nitrogens is 1. The summed E-state index contributed by atoms with van der Waals surface area (Å²) in [6, 6.07) is 7.90. The van der Waals surface area contributed by atoms with Crippen LogP contribution in [-0.4, -0.2) is 10.2 Å². The molecule has 0 amide bonds. The van der Waals surface area contributed by atoms with E-state index in [1.54, 1.807) is 6.20 Å². The van der Waals surface area contributed by atoms with Crippen LogP contribution < -0.4 is 15.7 Å². The maximum atomic E-state index is 11.9. The zero-order chi connectivity index (χ0) is 16.2. The van der Waals surface area contributed by atoms with Crippen molar-refractivity contribution in [3.63, 3.8) is 0 Å². The summed E-state index contributed by atoms with van der Waals surface area (Å²) in [6.45, 7) is -0.420. The molecule has 3 rings (SSSR count). The van der Waals surface area contributed by atoms with Gasteiger partial charge in [-0.25, -0.2) is 4.98 Å². The standard InChI is InChI=1S/C16H14N2O4S/c19-8-11-7-12(20)15(21)16(22-11)14(10-4-6-23-9-10)18-13-3-1-2-5-17-13/h1-7,9,14,19,21H,8H2,(H,17,18)/p+1. The fourth-order valence-corrected chi connectivity index (χ4v) is 2.89. The fourth-order valence-electron chi connectivity index (χ4n) is 2.21. The quantitative estimate of drug-likeness (QED) is 0.663. The Morgan fingerprint density at radius 3 is 2.87 bits per heavy atom. The molecule has 0 aromatic carbocycles. The highest BCUT2D eigenvalue weighted by molar-refractivity contribution is 7.08. The molecule has 0 fully saturated rings. The Morgan fingerprint density at radius 1 is 1.35 bits per heavy atom. The van der Waals surface area contributed by atoms with Crippen molar-refractivity contribution in [1.29, 1.82) is 0 Å². The van der Waals surface area contributed by atoms with Crippen molar-refractivity contribution < 1.29 is 19.6 Å². The summed E-state index contributed by atoms with van der Waals surface area (Å²) in [4.78, 5) is 14.9. The van der Waals surface area contributed by atoms with E-state index in [2.05, 4.69) is 10.3 Å². The van der Waals surface area contributed by atoms with Gasteiger partial charge in [-0.05, 0) is 22.9 Å². The van der Waals surface area contributed by atoms with Gasteiger partial charge in [0.2, 0.25) is 11.2 Å². The van der Waals surface area contributed by atoms with Gasteiger partial charge < -0.3 is 14.6 Å². The van der Waals surface area contributed by atoms with E-state index < -0.39 is 23.8 Å². The van der Waals surface area contributed by atoms with E-state index in [0.717, 1.165) is 11.6 Å². The molecule has 0 aliphatic carbocycles. The van der Waals surface area contributed by atoms with Crippen LogP contribution in [0.25, 0.3) is 0 Å². The summed E-state index contributed by atoms with van der Waals surface area (Å²) in [6.07, 6.45) is 1.76. The van der Waals surface area contributed by atoms with Gasteiger partial charge in [-0.15, -0.1) is 0 Å². The fraction of sp³-hybridized carbons (Fsp3) is 0.125. The highest BCUT2D eigenvalue weighted by Crippen LogP contribution is 2.31. The van der Waals surface area contributed by atoms with Crippen molar-refractivity contribution >= 4 is 17.2 Å². The van der Waals surface area contributed by atoms with Crippen molar-refractivity contribution in [1.82, 2.24) is 0 Å². The second kappa shape index (κ2) is 6.64. The lowest BCUT2D eigenvalue weighted by atomic mass is 10.1. The molecule has 0 saturated heterocycles. The van der Waals surface area contributed by atoms with Crippen LogP contribution >= 0.6 is 11.3 Å². The largest absolute Gasteiger partial charge is 0.502 e. The van der Waals surface area contributed by atoms with Crippen LogP contribution in [0, 0.1) is 0 Å². The summed E-state index contributed by atoms with van der Waals surface area (Å²) in [5, 5.41) is 26.4. The van der Waals surface area contributed by atoms with Gasteiger partial charge in [-0.1, -0.05) is 6.07 Å². The molecule has 118 valence electrons. The number of pyridine rings is 1. The van der Waals surface area contributed by atoms with E-state index in [0.29, 0.717) is 5.82 Å². The third-order valence-corrected chi connectivity index (χ3v) is 4.00. The van der Waals surface area contributed by atoms with Crippen LogP contribution in [0.1, 0.15) is 23.1 Å². The number of aromatic nitrogens is 1. The van der Waals surface area contributed by atoms with Gasteiger partial charge in [0.15, 0.2) is 11.8 Å². The lowest BCUT2D eigenvalue weighted by Gasteiger charge is -2.14. The normalized spacial score (nSPS) is 12.0. The number of hydrogen-bond donors (Lipinski definition) is 3. The van der Waals surface area contributed by atoms with Crippen molar-refractivity contribution in [3.05, 3.63) is 74.6 Å². The molecule has 3 aromatic heterocycles. The van der Waals surface area contributed by atoms with E-state index in [4.69, 9.17) is 4.42 Å². The first-order valence-corrected chi connectivity index (χ1v) is 7.85. The van der Waals surface area contributed by atoms with Crippen LogP contribution in [0.15, 0.2) is 56.5 Å². The zero-order valence-corrected chi connectivity index (χ0v) is 12.8. The molecule has 0 bridgehead atoms. The topological polar surface area (TPSA) is 96.8 Å². The van der Waals surface area contributed by atoms with Gasteiger partial charge in [0.25, 0.3) is 5.82 Å². The van der Waals surface area contributed by atoms with Gasteiger partial charge >= 0.3 is 0 Å². The number of rotatable bonds is 5. The van der Waals surface area contributed by atoms with Crippen molar-refractivity contribution in [2.75, 3.05) is 5.32 Å². The molecular formula is C16H15N2O4S+. The van der Waals surface area contributed by atoms with Gasteiger partial charge in [-0.2, -0.15) is 11.3 Å². The van der Waals surface area contributed by atoms with Crippen LogP contribution in [0.2, 0.25) is 0 Å². The number of aromatic hydroxyl groups is 1. The predicted octanol–water partition coefficient (Wildman–Crippen LogP) is 1.91. The summed E-state index contributed by atoms with van der Waals surface area (Å²) in [5.74, 6) is 0.390. The van der Waals surface area contributed by atoms with Crippen LogP contribution in [0.3, 0.4) is 0 Å². The SMILES string of the molecule is O=c1cc(CO)oc(C(Nc2cccc[nH+]2)c2ccsc2)c1O. The number of thiophene rings is 1.